The molecule has 5 rings (SSSR count). The molecule has 2 aromatic carbocycles. The van der Waals surface area contributed by atoms with Gasteiger partial charge in [-0.1, -0.05) is 52.0 Å². The van der Waals surface area contributed by atoms with E-state index >= 15 is 0 Å². The molecule has 86 heavy (non-hydrogen) atoms. The fraction of sp³-hybridized carbons (Fsp3) is 0.552. The van der Waals surface area contributed by atoms with Crippen LogP contribution in [0.15, 0.2) is 66.0 Å². The van der Waals surface area contributed by atoms with Crippen LogP contribution in [0, 0.1) is 11.8 Å². The third kappa shape index (κ3) is 21.4. The third-order valence-electron chi connectivity index (χ3n) is 14.4. The Morgan fingerprint density at radius 1 is 0.698 bits per heavy atom. The molecule has 2 fully saturated rings. The summed E-state index contributed by atoms with van der Waals surface area (Å²) in [6, 6.07) is 0.897. The normalized spacial score (nSPS) is 17.1. The molecule has 0 spiro atoms. The molecule has 3 aromatic rings. The zero-order chi connectivity index (χ0) is 63.0. The van der Waals surface area contributed by atoms with Crippen molar-refractivity contribution in [3.8, 4) is 11.5 Å². The van der Waals surface area contributed by atoms with Crippen molar-refractivity contribution in [1.29, 1.82) is 0 Å². The summed E-state index contributed by atoms with van der Waals surface area (Å²) in [5.74, 6) is -7.12. The lowest BCUT2D eigenvalue weighted by atomic mass is 9.98. The van der Waals surface area contributed by atoms with Crippen LogP contribution in [-0.2, 0) is 67.2 Å². The summed E-state index contributed by atoms with van der Waals surface area (Å²) in [5.41, 5.74) is 12.5. The number of nitrogens with zero attached hydrogens (tertiary/aromatic N) is 3. The van der Waals surface area contributed by atoms with Gasteiger partial charge in [0.25, 0.3) is 0 Å². The van der Waals surface area contributed by atoms with Gasteiger partial charge in [-0.15, -0.1) is 0 Å². The fourth-order valence-corrected chi connectivity index (χ4v) is 9.98. The van der Waals surface area contributed by atoms with Crippen LogP contribution in [-0.4, -0.2) is 178 Å². The molecule has 28 nitrogen and oxygen atoms in total. The number of amides is 10. The van der Waals surface area contributed by atoms with Gasteiger partial charge in [0.2, 0.25) is 59.1 Å². The highest BCUT2D eigenvalue weighted by Crippen LogP contribution is 2.21. The average Bonchev–Trinajstić information content (AvgIpc) is 2.36. The van der Waals surface area contributed by atoms with Gasteiger partial charge in [0, 0.05) is 57.2 Å². The molecule has 16 N–H and O–H groups in total. The first kappa shape index (κ1) is 68.0. The lowest BCUT2D eigenvalue weighted by Gasteiger charge is -2.31. The fourth-order valence-electron chi connectivity index (χ4n) is 9.98. The lowest BCUT2D eigenvalue weighted by Crippen LogP contribution is -2.61. The van der Waals surface area contributed by atoms with E-state index < -0.39 is 108 Å². The molecule has 1 aromatic heterocycles. The quantitative estimate of drug-likeness (QED) is 0.0180. The molecule has 9 atom stereocenters. The maximum atomic E-state index is 14.6. The zero-order valence-electron chi connectivity index (χ0n) is 49.6. The van der Waals surface area contributed by atoms with Gasteiger partial charge >= 0.3 is 0 Å². The monoisotopic (exact) mass is 1200 g/mol. The molecule has 0 unspecified atom stereocenters. The number of likely N-dealkylation sites (N-methyl/N-ethyl adjacent to an activating group) is 1. The number of likely N-dealkylation sites (tertiary alicyclic amines) is 1. The maximum Gasteiger partial charge on any atom is 0.245 e. The Labute approximate surface area is 499 Å². The number of imidazole rings is 1. The van der Waals surface area contributed by atoms with Gasteiger partial charge in [0.05, 0.1) is 20.0 Å². The number of nitrogens with two attached hydrogens (primary N) is 2. The van der Waals surface area contributed by atoms with Crippen molar-refractivity contribution in [3.05, 3.63) is 77.9 Å². The number of phenolic OH excluding ortho intramolecular Hbond substituents is 1. The molecule has 10 amide bonds. The largest absolute Gasteiger partial charge is 0.508 e. The molecular formula is C58H85N15O13. The van der Waals surface area contributed by atoms with Gasteiger partial charge in [-0.3, -0.25) is 52.9 Å². The number of H-pyrrole nitrogens is 1. The van der Waals surface area contributed by atoms with Crippen molar-refractivity contribution >= 4 is 65.0 Å². The standard InChI is InChI=1S/C58H85N15O13/c1-7-62-56(84)47-11-9-23-73(47)57(85)40(10-8-22-63-58(59)60)66-50(78)41(24-32(2)3)67-51(79)42(25-33(4)5)68-52(80)43(26-34-12-16-37(75)17-13-34)70-55(83)46(30-74)72-53(81)44(27-35-14-18-38(86-6)19-15-35)69-54(82)45(28-36-29-61-31-64-36)71-49(77)39-20-21-48(76)65-39/h12-19,29,31-33,39-47,74-75H,7-11,20-28,30H2,1-6H3,(H,61,64)(H,62,84)(H,65,76)(H,66,78)(H,67,79)(H,68,80)(H,69,82)(H,70,83)(H,71,77)(H,72,81)(H4,59,60,63)/t39-,40-,41-,42+,43-,44-,45-,46-,47-/m0/s1. The molecule has 0 aliphatic carbocycles. The molecule has 0 bridgehead atoms. The van der Waals surface area contributed by atoms with Crippen LogP contribution >= 0.6 is 0 Å². The van der Waals surface area contributed by atoms with E-state index in [0.717, 1.165) is 0 Å². The Balaban J connectivity index is 1.38. The number of aliphatic hydroxyl groups excluding tert-OH is 1. The summed E-state index contributed by atoms with van der Waals surface area (Å²) in [4.78, 5) is 151. The van der Waals surface area contributed by atoms with Crippen LogP contribution in [0.1, 0.15) is 103 Å². The predicted octanol–water partition coefficient (Wildman–Crippen LogP) is -1.91. The van der Waals surface area contributed by atoms with E-state index in [2.05, 4.69) is 62.8 Å². The number of rotatable bonds is 33. The number of guanidine groups is 1. The molecule has 28 heteroatoms. The molecular weight excluding hydrogens is 1110 g/mol. The molecule has 2 aliphatic heterocycles. The maximum absolute atomic E-state index is 14.6. The predicted molar refractivity (Wildman–Crippen MR) is 315 cm³/mol. The first-order valence-electron chi connectivity index (χ1n) is 29.0. The average molecular weight is 1200 g/mol. The smallest absolute Gasteiger partial charge is 0.245 e. The SMILES string of the molecule is CCNC(=O)[C@@H]1CCCN1C(=O)[C@H](CCCN=C(N)N)NC(=O)[C@H](CC(C)C)NC(=O)[C@@H](CC(C)C)NC(=O)[C@H](Cc1ccc(O)cc1)NC(=O)[C@H](CO)NC(=O)[C@H](Cc1ccc(OC)cc1)NC(=O)[C@H](Cc1cnc[nH]1)NC(=O)[C@@H]1CCC(=O)N1. The number of aliphatic imine (C=N–C) groups is 1. The second-order valence-electron chi connectivity index (χ2n) is 22.3. The van der Waals surface area contributed by atoms with Gasteiger partial charge in [-0.05, 0) is 99.1 Å². The van der Waals surface area contributed by atoms with Crippen molar-refractivity contribution in [2.75, 3.05) is 33.4 Å². The van der Waals surface area contributed by atoms with Gasteiger partial charge in [0.1, 0.15) is 65.9 Å². The van der Waals surface area contributed by atoms with E-state index in [1.54, 1.807) is 45.0 Å². The minimum absolute atomic E-state index is 0.0374. The third-order valence-corrected chi connectivity index (χ3v) is 14.4. The Hall–Kier alpha value is -8.82. The molecule has 2 aliphatic rings. The number of aromatic amines is 1. The molecule has 0 saturated carbocycles. The summed E-state index contributed by atoms with van der Waals surface area (Å²) in [6.07, 6.45) is 4.10. The second kappa shape index (κ2) is 33.6. The highest BCUT2D eigenvalue weighted by Gasteiger charge is 2.40. The summed E-state index contributed by atoms with van der Waals surface area (Å²) >= 11 is 0. The number of nitrogens with one attached hydrogen (secondary N) is 10. The zero-order valence-corrected chi connectivity index (χ0v) is 49.6. The van der Waals surface area contributed by atoms with Crippen molar-refractivity contribution in [2.24, 2.45) is 28.3 Å². The summed E-state index contributed by atoms with van der Waals surface area (Å²) in [7, 11) is 1.47. The molecule has 2 saturated heterocycles. The molecule has 3 heterocycles. The van der Waals surface area contributed by atoms with E-state index in [4.69, 9.17) is 16.2 Å². The Morgan fingerprint density at radius 3 is 1.70 bits per heavy atom. The number of aromatic hydroxyl groups is 1. The summed E-state index contributed by atoms with van der Waals surface area (Å²) in [5, 5.41) is 44.9. The highest BCUT2D eigenvalue weighted by atomic mass is 16.5. The number of phenols is 1. The van der Waals surface area contributed by atoms with Crippen molar-refractivity contribution in [2.45, 2.75) is 160 Å². The number of benzene rings is 2. The van der Waals surface area contributed by atoms with Crippen LogP contribution in [0.4, 0.5) is 0 Å². The van der Waals surface area contributed by atoms with E-state index in [1.165, 1.54) is 48.8 Å². The van der Waals surface area contributed by atoms with Crippen LogP contribution < -0.4 is 64.1 Å². The van der Waals surface area contributed by atoms with Crippen LogP contribution in [0.25, 0.3) is 0 Å². The van der Waals surface area contributed by atoms with Gasteiger partial charge < -0.3 is 84.2 Å². The van der Waals surface area contributed by atoms with Gasteiger partial charge in [0.15, 0.2) is 5.96 Å². The van der Waals surface area contributed by atoms with Crippen LogP contribution in [0.3, 0.4) is 0 Å². The van der Waals surface area contributed by atoms with E-state index in [9.17, 15) is 58.2 Å². The van der Waals surface area contributed by atoms with Crippen molar-refractivity contribution < 1.29 is 62.9 Å². The summed E-state index contributed by atoms with van der Waals surface area (Å²) < 4.78 is 5.29. The van der Waals surface area contributed by atoms with Gasteiger partial charge in [-0.2, -0.15) is 0 Å². The van der Waals surface area contributed by atoms with Crippen LogP contribution in [0.2, 0.25) is 0 Å². The second-order valence-corrected chi connectivity index (χ2v) is 22.3. The number of carbonyl (C=O) groups is 10. The molecule has 470 valence electrons. The molecule has 0 radical (unpaired) electrons. The van der Waals surface area contributed by atoms with E-state index in [-0.39, 0.29) is 106 Å². The van der Waals surface area contributed by atoms with Gasteiger partial charge in [-0.25, -0.2) is 4.98 Å². The number of aromatic nitrogens is 2. The number of carbonyl (C=O) groups excluding carboxylic acids is 10. The minimum atomic E-state index is -1.75. The van der Waals surface area contributed by atoms with Crippen molar-refractivity contribution in [3.63, 3.8) is 0 Å². The van der Waals surface area contributed by atoms with Crippen LogP contribution in [0.5, 0.6) is 11.5 Å². The number of ether oxygens (including phenoxy) is 1. The first-order valence-corrected chi connectivity index (χ1v) is 29.0. The van der Waals surface area contributed by atoms with Crippen molar-refractivity contribution in [1.82, 2.24) is 62.7 Å². The number of hydrogen-bond acceptors (Lipinski definition) is 15. The number of aliphatic hydroxyl groups is 1. The number of hydrogen-bond donors (Lipinski definition) is 14. The van der Waals surface area contributed by atoms with E-state index in [1.807, 2.05) is 13.8 Å². The lowest BCUT2D eigenvalue weighted by molar-refractivity contribution is -0.142. The van der Waals surface area contributed by atoms with E-state index in [0.29, 0.717) is 42.0 Å². The Morgan fingerprint density at radius 2 is 1.21 bits per heavy atom. The Bertz CT molecular complexity index is 2810. The number of methoxy groups -OCH3 is 1. The minimum Gasteiger partial charge on any atom is -0.508 e. The highest BCUT2D eigenvalue weighted by molar-refractivity contribution is 5.99. The first-order chi connectivity index (χ1) is 41.0. The Kier molecular flexibility index (Phi) is 26.6. The summed E-state index contributed by atoms with van der Waals surface area (Å²) in [6.45, 7) is 8.80. The topological polar surface area (TPSA) is 425 Å².